The number of hydrogen-bond acceptors (Lipinski definition) is 3. The molecule has 0 aliphatic carbocycles. The van der Waals surface area contributed by atoms with Crippen molar-refractivity contribution in [2.75, 3.05) is 18.8 Å². The van der Waals surface area contributed by atoms with Crippen LogP contribution in [0.25, 0.3) is 0 Å². The molecule has 0 heterocycles. The fourth-order valence-electron chi connectivity index (χ4n) is 1.04. The van der Waals surface area contributed by atoms with Crippen LogP contribution in [0.2, 0.25) is 0 Å². The molecule has 88 valence electrons. The normalized spacial score (nSPS) is 11.4. The van der Waals surface area contributed by atoms with Gasteiger partial charge in [-0.25, -0.2) is 0 Å². The Labute approximate surface area is 94.8 Å². The molecular formula is C9H14N4O2S. The van der Waals surface area contributed by atoms with Gasteiger partial charge in [0.1, 0.15) is 5.84 Å². The molecule has 0 aliphatic rings. The van der Waals surface area contributed by atoms with Crippen LogP contribution in [-0.4, -0.2) is 32.7 Å². The van der Waals surface area contributed by atoms with E-state index in [9.17, 15) is 8.42 Å². The highest BCUT2D eigenvalue weighted by Crippen LogP contribution is 2.16. The molecule has 1 rings (SSSR count). The summed E-state index contributed by atoms with van der Waals surface area (Å²) in [6.45, 7) is 0. The molecule has 0 aromatic heterocycles. The summed E-state index contributed by atoms with van der Waals surface area (Å²) in [5.74, 6) is -0.183. The number of hydrogen-bond donors (Lipinski definition) is 3. The zero-order valence-corrected chi connectivity index (χ0v) is 9.88. The van der Waals surface area contributed by atoms with Gasteiger partial charge in [0.25, 0.3) is 0 Å². The van der Waals surface area contributed by atoms with Crippen LogP contribution in [0.4, 0.5) is 5.69 Å². The Kier molecular flexibility index (Phi) is 3.51. The van der Waals surface area contributed by atoms with Crippen molar-refractivity contribution in [1.29, 1.82) is 5.41 Å². The molecule has 7 heteroatoms. The molecule has 0 aliphatic heterocycles. The van der Waals surface area contributed by atoms with Gasteiger partial charge < -0.3 is 5.73 Å². The summed E-state index contributed by atoms with van der Waals surface area (Å²) < 4.78 is 26.5. The average molecular weight is 242 g/mol. The summed E-state index contributed by atoms with van der Waals surface area (Å²) in [5, 5.41) is 7.32. The van der Waals surface area contributed by atoms with Gasteiger partial charge in [0, 0.05) is 19.7 Å². The zero-order valence-electron chi connectivity index (χ0n) is 9.06. The molecule has 1 aromatic carbocycles. The standard InChI is InChI=1S/C9H14N4O2S/c1-13(2)16(14,15)12-8-6-4-3-5-7(8)9(10)11/h3-6,12H,1-2H3,(H3,10,11). The van der Waals surface area contributed by atoms with Gasteiger partial charge in [0.15, 0.2) is 0 Å². The minimum atomic E-state index is -3.58. The van der Waals surface area contributed by atoms with E-state index in [0.29, 0.717) is 11.3 Å². The SMILES string of the molecule is CN(C)S(=O)(=O)Nc1ccccc1C(=N)N. The minimum absolute atomic E-state index is 0.183. The van der Waals surface area contributed by atoms with Crippen LogP contribution in [-0.2, 0) is 10.2 Å². The molecule has 0 spiro atoms. The zero-order chi connectivity index (χ0) is 12.3. The van der Waals surface area contributed by atoms with E-state index in [4.69, 9.17) is 11.1 Å². The van der Waals surface area contributed by atoms with Crippen molar-refractivity contribution in [3.05, 3.63) is 29.8 Å². The van der Waals surface area contributed by atoms with Gasteiger partial charge in [-0.3, -0.25) is 10.1 Å². The number of anilines is 1. The summed E-state index contributed by atoms with van der Waals surface area (Å²) in [6, 6.07) is 6.48. The molecular weight excluding hydrogens is 228 g/mol. The van der Waals surface area contributed by atoms with Crippen molar-refractivity contribution in [2.24, 2.45) is 5.73 Å². The molecule has 0 bridgehead atoms. The van der Waals surface area contributed by atoms with Crippen LogP contribution in [0, 0.1) is 5.41 Å². The highest BCUT2D eigenvalue weighted by atomic mass is 32.2. The van der Waals surface area contributed by atoms with Gasteiger partial charge in [0.2, 0.25) is 0 Å². The van der Waals surface area contributed by atoms with Gasteiger partial charge in [-0.15, -0.1) is 0 Å². The lowest BCUT2D eigenvalue weighted by atomic mass is 10.2. The molecule has 0 saturated heterocycles. The fraction of sp³-hybridized carbons (Fsp3) is 0.222. The highest BCUT2D eigenvalue weighted by Gasteiger charge is 2.15. The maximum atomic E-state index is 11.6. The third-order valence-corrected chi connectivity index (χ3v) is 3.38. The van der Waals surface area contributed by atoms with E-state index in [1.165, 1.54) is 14.1 Å². The second-order valence-corrected chi connectivity index (χ2v) is 5.23. The second-order valence-electron chi connectivity index (χ2n) is 3.35. The Hall–Kier alpha value is -1.60. The second kappa shape index (κ2) is 4.50. The Bertz CT molecular complexity index is 496. The van der Waals surface area contributed by atoms with E-state index < -0.39 is 10.2 Å². The minimum Gasteiger partial charge on any atom is -0.384 e. The lowest BCUT2D eigenvalue weighted by molar-refractivity contribution is 0.527. The Morgan fingerprint density at radius 1 is 1.38 bits per heavy atom. The number of nitrogens with zero attached hydrogens (tertiary/aromatic N) is 1. The molecule has 0 fully saturated rings. The first kappa shape index (κ1) is 12.5. The van der Waals surface area contributed by atoms with Gasteiger partial charge in [-0.05, 0) is 12.1 Å². The lowest BCUT2D eigenvalue weighted by Crippen LogP contribution is -2.30. The topological polar surface area (TPSA) is 99.3 Å². The highest BCUT2D eigenvalue weighted by molar-refractivity contribution is 7.90. The van der Waals surface area contributed by atoms with E-state index in [2.05, 4.69) is 4.72 Å². The predicted molar refractivity (Wildman–Crippen MR) is 63.7 cm³/mol. The maximum Gasteiger partial charge on any atom is 0.301 e. The molecule has 0 amide bonds. The number of nitrogens with two attached hydrogens (primary N) is 1. The van der Waals surface area contributed by atoms with Gasteiger partial charge >= 0.3 is 10.2 Å². The third kappa shape index (κ3) is 2.71. The smallest absolute Gasteiger partial charge is 0.301 e. The van der Waals surface area contributed by atoms with E-state index in [-0.39, 0.29) is 5.84 Å². The van der Waals surface area contributed by atoms with Crippen molar-refractivity contribution in [1.82, 2.24) is 4.31 Å². The Balaban J connectivity index is 3.12. The summed E-state index contributed by atoms with van der Waals surface area (Å²) >= 11 is 0. The van der Waals surface area contributed by atoms with Gasteiger partial charge in [-0.2, -0.15) is 12.7 Å². The third-order valence-electron chi connectivity index (χ3n) is 1.94. The first-order valence-corrected chi connectivity index (χ1v) is 5.92. The molecule has 6 nitrogen and oxygen atoms in total. The monoisotopic (exact) mass is 242 g/mol. The number of para-hydroxylation sites is 1. The largest absolute Gasteiger partial charge is 0.384 e. The van der Waals surface area contributed by atoms with Crippen LogP contribution >= 0.6 is 0 Å². The van der Waals surface area contributed by atoms with Gasteiger partial charge in [-0.1, -0.05) is 12.1 Å². The molecule has 0 atom stereocenters. The molecule has 0 radical (unpaired) electrons. The number of benzene rings is 1. The van der Waals surface area contributed by atoms with Crippen LogP contribution in [0.5, 0.6) is 0 Å². The van der Waals surface area contributed by atoms with Crippen molar-refractivity contribution < 1.29 is 8.42 Å². The van der Waals surface area contributed by atoms with Crippen LogP contribution < -0.4 is 10.5 Å². The van der Waals surface area contributed by atoms with Crippen LogP contribution in [0.15, 0.2) is 24.3 Å². The Morgan fingerprint density at radius 3 is 2.44 bits per heavy atom. The first-order valence-electron chi connectivity index (χ1n) is 4.48. The van der Waals surface area contributed by atoms with E-state index in [1.54, 1.807) is 24.3 Å². The fourth-order valence-corrected chi connectivity index (χ4v) is 1.68. The number of nitrogens with one attached hydrogen (secondary N) is 2. The van der Waals surface area contributed by atoms with E-state index in [0.717, 1.165) is 4.31 Å². The summed E-state index contributed by atoms with van der Waals surface area (Å²) in [4.78, 5) is 0. The summed E-state index contributed by atoms with van der Waals surface area (Å²) in [6.07, 6.45) is 0. The molecule has 1 aromatic rings. The molecule has 0 saturated carbocycles. The van der Waals surface area contributed by atoms with Crippen LogP contribution in [0.1, 0.15) is 5.56 Å². The van der Waals surface area contributed by atoms with E-state index in [1.807, 2.05) is 0 Å². The average Bonchev–Trinajstić information content (AvgIpc) is 2.17. The molecule has 0 unspecified atom stereocenters. The van der Waals surface area contributed by atoms with E-state index >= 15 is 0 Å². The first-order chi connectivity index (χ1) is 7.34. The van der Waals surface area contributed by atoms with Crippen molar-refractivity contribution in [3.63, 3.8) is 0 Å². The lowest BCUT2D eigenvalue weighted by Gasteiger charge is -2.15. The Morgan fingerprint density at radius 2 is 1.94 bits per heavy atom. The van der Waals surface area contributed by atoms with Crippen molar-refractivity contribution >= 4 is 21.7 Å². The predicted octanol–water partition coefficient (Wildman–Crippen LogP) is 0.189. The maximum absolute atomic E-state index is 11.6. The molecule has 4 N–H and O–H groups in total. The van der Waals surface area contributed by atoms with Crippen molar-refractivity contribution in [2.45, 2.75) is 0 Å². The summed E-state index contributed by atoms with van der Waals surface area (Å²) in [7, 11) is -0.745. The number of nitrogen functional groups attached to an aromatic ring is 1. The number of amidine groups is 1. The molecule has 16 heavy (non-hydrogen) atoms. The van der Waals surface area contributed by atoms with Gasteiger partial charge in [0.05, 0.1) is 5.69 Å². The van der Waals surface area contributed by atoms with Crippen molar-refractivity contribution in [3.8, 4) is 0 Å². The quantitative estimate of drug-likeness (QED) is 0.519. The van der Waals surface area contributed by atoms with Crippen LogP contribution in [0.3, 0.4) is 0 Å². The number of rotatable bonds is 4. The summed E-state index contributed by atoms with van der Waals surface area (Å²) in [5.41, 5.74) is 5.99.